The van der Waals surface area contributed by atoms with Crippen LogP contribution in [0.5, 0.6) is 0 Å². The van der Waals surface area contributed by atoms with Gasteiger partial charge in [0.25, 0.3) is 0 Å². The summed E-state index contributed by atoms with van der Waals surface area (Å²) in [5.74, 6) is 1.23. The molecule has 0 radical (unpaired) electrons. The third kappa shape index (κ3) is 17.8. The zero-order valence-electron chi connectivity index (χ0n) is 12.7. The molecule has 0 aliphatic carbocycles. The second-order valence-electron chi connectivity index (χ2n) is 5.29. The van der Waals surface area contributed by atoms with Crippen LogP contribution in [-0.4, -0.2) is 22.6 Å². The van der Waals surface area contributed by atoms with Crippen LogP contribution >= 0.6 is 11.8 Å². The molecule has 0 saturated heterocycles. The van der Waals surface area contributed by atoms with Crippen molar-refractivity contribution in [1.29, 1.82) is 0 Å². The number of carboxylic acid groups (broad SMARTS) is 1. The van der Waals surface area contributed by atoms with E-state index < -0.39 is 5.97 Å². The first kappa shape index (κ1) is 18.8. The van der Waals surface area contributed by atoms with Gasteiger partial charge in [0.15, 0.2) is 0 Å². The molecule has 0 spiro atoms. The molecule has 0 rings (SSSR count). The number of rotatable bonds is 15. The summed E-state index contributed by atoms with van der Waals surface area (Å²) in [7, 11) is 0. The van der Waals surface area contributed by atoms with Gasteiger partial charge in [0.2, 0.25) is 0 Å². The van der Waals surface area contributed by atoms with Crippen LogP contribution in [0, 0.1) is 0 Å². The molecule has 0 atom stereocenters. The van der Waals surface area contributed by atoms with Crippen LogP contribution in [0.2, 0.25) is 0 Å². The van der Waals surface area contributed by atoms with E-state index in [1.54, 1.807) is 11.8 Å². The summed E-state index contributed by atoms with van der Waals surface area (Å²) in [6, 6.07) is 0. The fourth-order valence-corrected chi connectivity index (χ4v) is 3.06. The largest absolute Gasteiger partial charge is 0.481 e. The molecule has 0 aromatic heterocycles. The molecule has 0 aliphatic rings. The van der Waals surface area contributed by atoms with Gasteiger partial charge in [-0.1, -0.05) is 71.1 Å². The lowest BCUT2D eigenvalue weighted by molar-refractivity contribution is -0.136. The minimum absolute atomic E-state index is 0.308. The van der Waals surface area contributed by atoms with Crippen LogP contribution in [-0.2, 0) is 4.79 Å². The molecule has 0 aromatic rings. The Bertz CT molecular complexity index is 195. The van der Waals surface area contributed by atoms with Crippen LogP contribution in [0.4, 0.5) is 0 Å². The van der Waals surface area contributed by atoms with Gasteiger partial charge < -0.3 is 5.11 Å². The summed E-state index contributed by atoms with van der Waals surface area (Å²) in [4.78, 5) is 10.3. The smallest absolute Gasteiger partial charge is 0.304 e. The van der Waals surface area contributed by atoms with Crippen LogP contribution < -0.4 is 0 Å². The molecule has 0 heterocycles. The topological polar surface area (TPSA) is 37.3 Å². The molecule has 19 heavy (non-hydrogen) atoms. The van der Waals surface area contributed by atoms with Crippen molar-refractivity contribution in [3.05, 3.63) is 0 Å². The van der Waals surface area contributed by atoms with Gasteiger partial charge in [-0.25, -0.2) is 0 Å². The Hall–Kier alpha value is -0.180. The van der Waals surface area contributed by atoms with Crippen molar-refractivity contribution in [3.63, 3.8) is 0 Å². The highest BCUT2D eigenvalue weighted by atomic mass is 32.2. The Morgan fingerprint density at radius 2 is 1.26 bits per heavy atom. The van der Waals surface area contributed by atoms with Gasteiger partial charge in [-0.3, -0.25) is 4.79 Å². The standard InChI is InChI=1S/C16H32O2S/c1-2-3-4-5-6-7-8-9-10-11-12-14-19-15-13-16(17)18/h2-15H2,1H3,(H,17,18). The molecule has 0 unspecified atom stereocenters. The number of unbranched alkanes of at least 4 members (excludes halogenated alkanes) is 10. The van der Waals surface area contributed by atoms with Gasteiger partial charge in [-0.15, -0.1) is 0 Å². The van der Waals surface area contributed by atoms with Crippen LogP contribution in [0.3, 0.4) is 0 Å². The highest BCUT2D eigenvalue weighted by Gasteiger charge is 1.97. The van der Waals surface area contributed by atoms with E-state index in [0.717, 1.165) is 11.5 Å². The maximum atomic E-state index is 10.3. The Labute approximate surface area is 123 Å². The highest BCUT2D eigenvalue weighted by molar-refractivity contribution is 7.99. The van der Waals surface area contributed by atoms with E-state index in [2.05, 4.69) is 6.92 Å². The number of aliphatic carboxylic acids is 1. The summed E-state index contributed by atoms with van der Waals surface area (Å²) < 4.78 is 0. The summed E-state index contributed by atoms with van der Waals surface area (Å²) in [6.45, 7) is 2.26. The average Bonchev–Trinajstić information content (AvgIpc) is 2.39. The van der Waals surface area contributed by atoms with E-state index in [1.165, 1.54) is 70.6 Å². The number of thioether (sulfide) groups is 1. The summed E-state index contributed by atoms with van der Waals surface area (Å²) in [5.41, 5.74) is 0. The number of carboxylic acids is 1. The Morgan fingerprint density at radius 1 is 0.789 bits per heavy atom. The van der Waals surface area contributed by atoms with Crippen molar-refractivity contribution in [1.82, 2.24) is 0 Å². The van der Waals surface area contributed by atoms with Crippen molar-refractivity contribution in [2.24, 2.45) is 0 Å². The third-order valence-electron chi connectivity index (χ3n) is 3.35. The minimum atomic E-state index is -0.675. The lowest BCUT2D eigenvalue weighted by Crippen LogP contribution is -1.96. The normalized spacial score (nSPS) is 10.8. The van der Waals surface area contributed by atoms with Gasteiger partial charge in [-0.05, 0) is 12.2 Å². The fourth-order valence-electron chi connectivity index (χ4n) is 2.13. The van der Waals surface area contributed by atoms with Crippen molar-refractivity contribution >= 4 is 17.7 Å². The van der Waals surface area contributed by atoms with Crippen molar-refractivity contribution < 1.29 is 9.90 Å². The van der Waals surface area contributed by atoms with Gasteiger partial charge in [-0.2, -0.15) is 11.8 Å². The van der Waals surface area contributed by atoms with Gasteiger partial charge in [0.05, 0.1) is 6.42 Å². The molecular weight excluding hydrogens is 256 g/mol. The molecule has 0 bridgehead atoms. The van der Waals surface area contributed by atoms with Gasteiger partial charge in [0, 0.05) is 5.75 Å². The molecule has 114 valence electrons. The average molecular weight is 288 g/mol. The molecule has 0 amide bonds. The van der Waals surface area contributed by atoms with Gasteiger partial charge in [0.1, 0.15) is 0 Å². The van der Waals surface area contributed by atoms with Crippen molar-refractivity contribution in [2.45, 2.75) is 84.0 Å². The van der Waals surface area contributed by atoms with E-state index in [0.29, 0.717) is 6.42 Å². The molecule has 0 fully saturated rings. The summed E-state index contributed by atoms with van der Waals surface area (Å²) in [6.07, 6.45) is 15.4. The maximum absolute atomic E-state index is 10.3. The Morgan fingerprint density at radius 3 is 1.74 bits per heavy atom. The molecule has 0 aliphatic heterocycles. The molecule has 1 N–H and O–H groups in total. The number of hydrogen-bond acceptors (Lipinski definition) is 2. The zero-order chi connectivity index (χ0) is 14.2. The van der Waals surface area contributed by atoms with E-state index >= 15 is 0 Å². The molecule has 3 heteroatoms. The van der Waals surface area contributed by atoms with Gasteiger partial charge >= 0.3 is 5.97 Å². The van der Waals surface area contributed by atoms with Crippen LogP contribution in [0.25, 0.3) is 0 Å². The van der Waals surface area contributed by atoms with E-state index in [9.17, 15) is 4.79 Å². The monoisotopic (exact) mass is 288 g/mol. The first-order chi connectivity index (χ1) is 9.27. The SMILES string of the molecule is CCCCCCCCCCCCCSCCC(=O)O. The van der Waals surface area contributed by atoms with Crippen LogP contribution in [0.1, 0.15) is 84.0 Å². The van der Waals surface area contributed by atoms with E-state index in [1.807, 2.05) is 0 Å². The predicted octanol–water partition coefficient (Wildman–Crippen LogP) is 5.51. The first-order valence-corrected chi connectivity index (χ1v) is 9.22. The molecule has 2 nitrogen and oxygen atoms in total. The lowest BCUT2D eigenvalue weighted by Gasteiger charge is -2.02. The predicted molar refractivity (Wildman–Crippen MR) is 86.0 cm³/mol. The van der Waals surface area contributed by atoms with Crippen molar-refractivity contribution in [3.8, 4) is 0 Å². The van der Waals surface area contributed by atoms with E-state index in [4.69, 9.17) is 5.11 Å². The quantitative estimate of drug-likeness (QED) is 0.404. The van der Waals surface area contributed by atoms with Crippen LogP contribution in [0.15, 0.2) is 0 Å². The maximum Gasteiger partial charge on any atom is 0.304 e. The second kappa shape index (κ2) is 15.9. The zero-order valence-corrected chi connectivity index (χ0v) is 13.5. The minimum Gasteiger partial charge on any atom is -0.481 e. The highest BCUT2D eigenvalue weighted by Crippen LogP contribution is 2.13. The third-order valence-corrected chi connectivity index (χ3v) is 4.42. The van der Waals surface area contributed by atoms with Crippen molar-refractivity contribution in [2.75, 3.05) is 11.5 Å². The lowest BCUT2D eigenvalue weighted by atomic mass is 10.1. The second-order valence-corrected chi connectivity index (χ2v) is 6.52. The molecule has 0 aromatic carbocycles. The number of hydrogen-bond donors (Lipinski definition) is 1. The van der Waals surface area contributed by atoms with E-state index in [-0.39, 0.29) is 0 Å². The summed E-state index contributed by atoms with van der Waals surface area (Å²) in [5, 5.41) is 8.49. The summed E-state index contributed by atoms with van der Waals surface area (Å²) >= 11 is 1.78. The first-order valence-electron chi connectivity index (χ1n) is 8.07. The fraction of sp³-hybridized carbons (Fsp3) is 0.938. The Balaban J connectivity index is 2.93. The molecular formula is C16H32O2S. The Kier molecular flexibility index (Phi) is 15.7. The molecule has 0 saturated carbocycles. The number of carbonyl (C=O) groups is 1.